The Bertz CT molecular complexity index is 2790. The number of piperidine rings is 1. The fraction of sp³-hybridized carbons (Fsp3) is 0.407. The summed E-state index contributed by atoms with van der Waals surface area (Å²) < 4.78 is 56.1. The molecule has 2 saturated heterocycles. The van der Waals surface area contributed by atoms with Gasteiger partial charge in [0.25, 0.3) is 0 Å². The van der Waals surface area contributed by atoms with Gasteiger partial charge in [-0.3, -0.25) is 4.90 Å². The Kier molecular flexibility index (Phi) is 15.9. The van der Waals surface area contributed by atoms with Crippen molar-refractivity contribution >= 4 is 24.4 Å². The van der Waals surface area contributed by atoms with Crippen LogP contribution >= 0.6 is 0 Å². The molecule has 0 atom stereocenters. The third-order valence-corrected chi connectivity index (χ3v) is 20.3. The maximum Gasteiger partial charge on any atom is 0.410 e. The molecule has 2 fully saturated rings. The van der Waals surface area contributed by atoms with E-state index in [1.807, 2.05) is 91.0 Å². The molecule has 0 aliphatic carbocycles. The molecule has 3 heterocycles. The number of hydrogen-bond donors (Lipinski definition) is 1. The number of carbonyl (C=O) groups excluding carboxylic acids is 1. The molecule has 2 aliphatic rings. The molecule has 0 radical (unpaired) electrons. The van der Waals surface area contributed by atoms with E-state index < -0.39 is 18.3 Å². The summed E-state index contributed by atoms with van der Waals surface area (Å²) in [7, 11) is -2.83. The molecule has 0 spiro atoms. The van der Waals surface area contributed by atoms with Crippen molar-refractivity contribution in [1.82, 2.24) is 34.7 Å². The lowest BCUT2D eigenvalue weighted by atomic mass is 9.87. The van der Waals surface area contributed by atoms with Crippen molar-refractivity contribution < 1.29 is 31.8 Å². The number of sulfonamides is 1. The van der Waals surface area contributed by atoms with Gasteiger partial charge in [-0.1, -0.05) is 112 Å². The third kappa shape index (κ3) is 12.3. The number of tetrazole rings is 1. The van der Waals surface area contributed by atoms with Crippen LogP contribution < -0.4 is 14.2 Å². The van der Waals surface area contributed by atoms with Crippen LogP contribution in [0.25, 0.3) is 22.5 Å². The minimum atomic E-state index is -4.24. The average Bonchev–Trinajstić information content (AvgIpc) is 3.82. The number of rotatable bonds is 19. The van der Waals surface area contributed by atoms with E-state index >= 15 is 8.42 Å². The average molecular weight is 986 g/mol. The van der Waals surface area contributed by atoms with E-state index in [0.29, 0.717) is 67.3 Å². The number of carbonyl (C=O) groups is 1. The molecule has 1 aromatic heterocycles. The van der Waals surface area contributed by atoms with E-state index in [1.54, 1.807) is 19.1 Å². The molecule has 16 heteroatoms. The first-order valence-electron chi connectivity index (χ1n) is 24.2. The minimum absolute atomic E-state index is 0.0476. The number of ether oxygens (including phenoxy) is 3. The maximum atomic E-state index is 15.1. The van der Waals surface area contributed by atoms with Crippen LogP contribution in [0.3, 0.4) is 0 Å². The zero-order valence-corrected chi connectivity index (χ0v) is 43.4. The van der Waals surface area contributed by atoms with Gasteiger partial charge in [0.2, 0.25) is 15.8 Å². The van der Waals surface area contributed by atoms with Crippen LogP contribution in [0.15, 0.2) is 120 Å². The van der Waals surface area contributed by atoms with Crippen LogP contribution in [0.1, 0.15) is 67.3 Å². The van der Waals surface area contributed by atoms with E-state index in [0.717, 1.165) is 54.2 Å². The first-order chi connectivity index (χ1) is 33.6. The molecule has 70 heavy (non-hydrogen) atoms. The summed E-state index contributed by atoms with van der Waals surface area (Å²) in [5.41, 5.74) is 6.39. The van der Waals surface area contributed by atoms with Gasteiger partial charge in [0.15, 0.2) is 8.32 Å². The molecule has 14 nitrogen and oxygen atoms in total. The largest absolute Gasteiger partial charge is 0.497 e. The van der Waals surface area contributed by atoms with Crippen molar-refractivity contribution in [3.05, 3.63) is 143 Å². The lowest BCUT2D eigenvalue weighted by Crippen LogP contribution is -2.48. The number of nitrogens with one attached hydrogen (secondary N) is 1. The van der Waals surface area contributed by atoms with E-state index in [2.05, 4.69) is 78.1 Å². The highest BCUT2D eigenvalue weighted by molar-refractivity contribution is 7.89. The minimum Gasteiger partial charge on any atom is -0.497 e. The van der Waals surface area contributed by atoms with Crippen LogP contribution in [0, 0.1) is 5.92 Å². The van der Waals surface area contributed by atoms with Gasteiger partial charge in [0.1, 0.15) is 18.1 Å². The zero-order chi connectivity index (χ0) is 49.5. The summed E-state index contributed by atoms with van der Waals surface area (Å²) in [6, 6.07) is 37.0. The molecule has 2 aliphatic heterocycles. The molecule has 0 bridgehead atoms. The molecule has 1 N–H and O–H groups in total. The number of benzene rings is 5. The quantitative estimate of drug-likeness (QED) is 0.0774. The standard InChI is InChI=1S/C54H67N7O7SSi/c1-54(2,3)70(6,7)68-32-31-59-36-46(37-59)43-17-19-44(20-18-43)49-26-21-45(33-39-27-29-60(30-28-39)53(62)67-38-42-11-9-8-10-12-42)51(69(63,64)55-34-40-13-22-47(65-4)23-14-40)50(49)52-56-58-61(57-52)35-41-15-24-48(66-5)25-16-41/h8-26,39,46,55H,27-38H2,1-7H3. The fourth-order valence-corrected chi connectivity index (χ4v) is 11.3. The summed E-state index contributed by atoms with van der Waals surface area (Å²) >= 11 is 0. The molecule has 1 amide bonds. The zero-order valence-electron chi connectivity index (χ0n) is 41.6. The maximum absolute atomic E-state index is 15.1. The lowest BCUT2D eigenvalue weighted by Gasteiger charge is -2.41. The van der Waals surface area contributed by atoms with Gasteiger partial charge in [-0.15, -0.1) is 10.2 Å². The number of nitrogens with zero attached hydrogens (tertiary/aromatic N) is 6. The number of hydrogen-bond acceptors (Lipinski definition) is 11. The van der Waals surface area contributed by atoms with Crippen molar-refractivity contribution in [2.75, 3.05) is 53.6 Å². The smallest absolute Gasteiger partial charge is 0.410 e. The van der Waals surface area contributed by atoms with E-state index in [1.165, 1.54) is 10.4 Å². The number of likely N-dealkylation sites (tertiary alicyclic amines) is 2. The van der Waals surface area contributed by atoms with E-state index in [4.69, 9.17) is 23.7 Å². The summed E-state index contributed by atoms with van der Waals surface area (Å²) in [4.78, 5) is 18.9. The lowest BCUT2D eigenvalue weighted by molar-refractivity contribution is 0.0823. The summed E-state index contributed by atoms with van der Waals surface area (Å²) in [5, 5.41) is 14.1. The summed E-state index contributed by atoms with van der Waals surface area (Å²) in [5.74, 6) is 2.08. The fourth-order valence-electron chi connectivity index (χ4n) is 8.84. The van der Waals surface area contributed by atoms with Crippen molar-refractivity contribution in [2.45, 2.75) is 88.7 Å². The van der Waals surface area contributed by atoms with Gasteiger partial charge < -0.3 is 23.5 Å². The monoisotopic (exact) mass is 985 g/mol. The first-order valence-corrected chi connectivity index (χ1v) is 28.6. The second-order valence-corrected chi connectivity index (χ2v) is 26.5. The van der Waals surface area contributed by atoms with Crippen LogP contribution in [0.5, 0.6) is 11.5 Å². The Morgan fingerprint density at radius 3 is 2.07 bits per heavy atom. The summed E-state index contributed by atoms with van der Waals surface area (Å²) in [6.07, 6.45) is 1.46. The predicted molar refractivity (Wildman–Crippen MR) is 275 cm³/mol. The highest BCUT2D eigenvalue weighted by Gasteiger charge is 2.38. The molecular weight excluding hydrogens is 919 g/mol. The Balaban J connectivity index is 1.09. The Hall–Kier alpha value is -5.91. The van der Waals surface area contributed by atoms with Crippen molar-refractivity contribution in [3.63, 3.8) is 0 Å². The number of amides is 1. The van der Waals surface area contributed by atoms with Crippen molar-refractivity contribution in [1.29, 1.82) is 0 Å². The molecule has 5 aromatic carbocycles. The van der Waals surface area contributed by atoms with Crippen LogP contribution in [-0.2, 0) is 45.3 Å². The van der Waals surface area contributed by atoms with E-state index in [9.17, 15) is 4.79 Å². The SMILES string of the molecule is COc1ccc(CNS(=O)(=O)c2c(CC3CCN(C(=O)OCc4ccccc4)CC3)ccc(-c3ccc(C4CN(CCO[Si](C)(C)C(C)(C)C)C4)cc3)c2-c2nnn(Cc3ccc(OC)cc3)n2)cc1. The molecule has 6 aromatic rings. The topological polar surface area (TPSA) is 150 Å². The van der Waals surface area contributed by atoms with Gasteiger partial charge in [-0.2, -0.15) is 4.80 Å². The predicted octanol–water partition coefficient (Wildman–Crippen LogP) is 9.56. The first kappa shape index (κ1) is 50.5. The van der Waals surface area contributed by atoms with E-state index in [-0.39, 0.29) is 40.9 Å². The Morgan fingerprint density at radius 2 is 1.44 bits per heavy atom. The molecule has 0 unspecified atom stereocenters. The Labute approximate surface area is 414 Å². The van der Waals surface area contributed by atoms with Gasteiger partial charge in [0, 0.05) is 51.8 Å². The van der Waals surface area contributed by atoms with Crippen molar-refractivity contribution in [3.8, 4) is 34.0 Å². The molecular formula is C54H67N7O7SSi. The molecule has 8 rings (SSSR count). The molecule has 0 saturated carbocycles. The second-order valence-electron chi connectivity index (χ2n) is 20.0. The highest BCUT2D eigenvalue weighted by atomic mass is 32.2. The van der Waals surface area contributed by atoms with Crippen LogP contribution in [0.4, 0.5) is 4.79 Å². The molecule has 370 valence electrons. The summed E-state index contributed by atoms with van der Waals surface area (Å²) in [6.45, 7) is 16.5. The highest BCUT2D eigenvalue weighted by Crippen LogP contribution is 2.41. The third-order valence-electron chi connectivity index (χ3n) is 14.2. The van der Waals surface area contributed by atoms with Gasteiger partial charge in [0.05, 0.1) is 31.2 Å². The van der Waals surface area contributed by atoms with Crippen LogP contribution in [-0.4, -0.2) is 106 Å². The number of aromatic nitrogens is 4. The normalized spacial score (nSPS) is 15.2. The van der Waals surface area contributed by atoms with Crippen molar-refractivity contribution in [2.24, 2.45) is 5.92 Å². The van der Waals surface area contributed by atoms with Gasteiger partial charge in [-0.05, 0) is 112 Å². The second kappa shape index (κ2) is 22.0. The van der Waals surface area contributed by atoms with Crippen LogP contribution in [0.2, 0.25) is 18.1 Å². The number of methoxy groups -OCH3 is 2. The Morgan fingerprint density at radius 1 is 0.800 bits per heavy atom. The van der Waals surface area contributed by atoms with Gasteiger partial charge in [-0.25, -0.2) is 17.9 Å². The van der Waals surface area contributed by atoms with Gasteiger partial charge >= 0.3 is 6.09 Å².